The Bertz CT molecular complexity index is 143. The SMILES string of the molecule is CN1CCC[C@H]1CCl.O=S(Cl)Cl. The predicted molar refractivity (Wildman–Crippen MR) is 56.2 cm³/mol. The predicted octanol–water partition coefficient (Wildman–Crippen LogP) is 2.36. The largest absolute Gasteiger partial charge is 0.302 e. The zero-order valence-electron chi connectivity index (χ0n) is 6.80. The number of rotatable bonds is 1. The van der Waals surface area contributed by atoms with E-state index in [9.17, 15) is 0 Å². The first-order chi connectivity index (χ1) is 5.57. The van der Waals surface area contributed by atoms with Gasteiger partial charge in [-0.1, -0.05) is 0 Å². The molecule has 1 rings (SSSR count). The third-order valence-electron chi connectivity index (χ3n) is 1.85. The highest BCUT2D eigenvalue weighted by atomic mass is 36.0. The first-order valence-electron chi connectivity index (χ1n) is 3.58. The van der Waals surface area contributed by atoms with E-state index in [4.69, 9.17) is 15.8 Å². The summed E-state index contributed by atoms with van der Waals surface area (Å²) in [6.07, 6.45) is 2.62. The van der Waals surface area contributed by atoms with E-state index >= 15 is 0 Å². The van der Waals surface area contributed by atoms with Crippen molar-refractivity contribution in [3.8, 4) is 0 Å². The van der Waals surface area contributed by atoms with E-state index < -0.39 is 9.23 Å². The molecule has 0 aromatic heterocycles. The molecule has 0 radical (unpaired) electrons. The van der Waals surface area contributed by atoms with Crippen LogP contribution in [0.25, 0.3) is 0 Å². The molecule has 0 amide bonds. The number of nitrogens with zero attached hydrogens (tertiary/aromatic N) is 1. The lowest BCUT2D eigenvalue weighted by atomic mass is 10.2. The molecule has 1 saturated heterocycles. The molecule has 0 unspecified atom stereocenters. The molecule has 74 valence electrons. The van der Waals surface area contributed by atoms with Crippen LogP contribution in [-0.4, -0.2) is 34.6 Å². The van der Waals surface area contributed by atoms with Gasteiger partial charge in [-0.05, 0) is 26.4 Å². The summed E-state index contributed by atoms with van der Waals surface area (Å²) in [6.45, 7) is 1.23. The van der Waals surface area contributed by atoms with Crippen LogP contribution in [0.15, 0.2) is 0 Å². The Morgan fingerprint density at radius 2 is 2.08 bits per heavy atom. The van der Waals surface area contributed by atoms with Crippen molar-refractivity contribution in [3.63, 3.8) is 0 Å². The topological polar surface area (TPSA) is 20.3 Å². The number of likely N-dealkylation sites (tertiary alicyclic amines) is 1. The van der Waals surface area contributed by atoms with E-state index in [1.165, 1.54) is 19.4 Å². The summed E-state index contributed by atoms with van der Waals surface area (Å²) in [5.41, 5.74) is 0. The normalized spacial score (nSPS) is 23.9. The molecule has 0 aromatic rings. The van der Waals surface area contributed by atoms with Gasteiger partial charge in [0.1, 0.15) is 0 Å². The maximum absolute atomic E-state index is 9.09. The minimum Gasteiger partial charge on any atom is -0.302 e. The summed E-state index contributed by atoms with van der Waals surface area (Å²) in [6, 6.07) is 0.664. The van der Waals surface area contributed by atoms with E-state index in [1.54, 1.807) is 0 Å². The lowest BCUT2D eigenvalue weighted by Gasteiger charge is -2.14. The quantitative estimate of drug-likeness (QED) is 0.527. The van der Waals surface area contributed by atoms with E-state index in [1.807, 2.05) is 0 Å². The number of alkyl halides is 1. The Hall–Kier alpha value is 0.980. The molecule has 1 fully saturated rings. The van der Waals surface area contributed by atoms with Crippen LogP contribution in [0.1, 0.15) is 12.8 Å². The van der Waals surface area contributed by atoms with Crippen LogP contribution < -0.4 is 0 Å². The smallest absolute Gasteiger partial charge is 0.211 e. The summed E-state index contributed by atoms with van der Waals surface area (Å²) in [7, 11) is 9.50. The van der Waals surface area contributed by atoms with Gasteiger partial charge >= 0.3 is 0 Å². The van der Waals surface area contributed by atoms with Gasteiger partial charge in [-0.3, -0.25) is 0 Å². The highest BCUT2D eigenvalue weighted by Gasteiger charge is 2.18. The lowest BCUT2D eigenvalue weighted by Crippen LogP contribution is -2.25. The molecular weight excluding hydrogens is 240 g/mol. The highest BCUT2D eigenvalue weighted by Crippen LogP contribution is 2.14. The standard InChI is InChI=1S/C6H12ClN.Cl2OS/c1-8-4-2-3-6(8)5-7;1-4(2)3/h6H,2-5H2,1H3;/t6-;/m0./s1. The molecule has 0 spiro atoms. The van der Waals surface area contributed by atoms with Gasteiger partial charge in [0.05, 0.1) is 0 Å². The van der Waals surface area contributed by atoms with Gasteiger partial charge in [0, 0.05) is 33.3 Å². The van der Waals surface area contributed by atoms with Crippen LogP contribution in [0, 0.1) is 0 Å². The Labute approximate surface area is 89.6 Å². The van der Waals surface area contributed by atoms with Crippen molar-refractivity contribution >= 4 is 42.2 Å². The summed E-state index contributed by atoms with van der Waals surface area (Å²) >= 11 is 5.66. The average molecular weight is 253 g/mol. The van der Waals surface area contributed by atoms with Crippen molar-refractivity contribution in [1.82, 2.24) is 4.90 Å². The monoisotopic (exact) mass is 251 g/mol. The first-order valence-corrected chi connectivity index (χ1v) is 6.92. The van der Waals surface area contributed by atoms with Gasteiger partial charge in [-0.15, -0.1) is 11.6 Å². The average Bonchev–Trinajstić information content (AvgIpc) is 2.33. The molecular formula is C6H12Cl3NOS. The molecule has 2 nitrogen and oxygen atoms in total. The molecule has 1 heterocycles. The fraction of sp³-hybridized carbons (Fsp3) is 1.00. The summed E-state index contributed by atoms with van der Waals surface area (Å²) in [4.78, 5) is 2.33. The Balaban J connectivity index is 0.000000261. The molecule has 12 heavy (non-hydrogen) atoms. The van der Waals surface area contributed by atoms with E-state index in [0.29, 0.717) is 6.04 Å². The Morgan fingerprint density at radius 3 is 2.25 bits per heavy atom. The molecule has 1 atom stereocenters. The van der Waals surface area contributed by atoms with Crippen molar-refractivity contribution in [2.75, 3.05) is 19.5 Å². The number of hydrogen-bond acceptors (Lipinski definition) is 2. The van der Waals surface area contributed by atoms with Crippen molar-refractivity contribution < 1.29 is 4.21 Å². The van der Waals surface area contributed by atoms with Crippen LogP contribution in [0.2, 0.25) is 0 Å². The fourth-order valence-corrected chi connectivity index (χ4v) is 1.56. The third-order valence-corrected chi connectivity index (χ3v) is 2.21. The van der Waals surface area contributed by atoms with Gasteiger partial charge in [0.15, 0.2) is 0 Å². The first kappa shape index (κ1) is 13.0. The van der Waals surface area contributed by atoms with E-state index in [-0.39, 0.29) is 0 Å². The summed E-state index contributed by atoms with van der Waals surface area (Å²) < 4.78 is 9.09. The zero-order chi connectivity index (χ0) is 9.56. The highest BCUT2D eigenvalue weighted by molar-refractivity contribution is 8.26. The molecule has 0 N–H and O–H groups in total. The Kier molecular flexibility index (Phi) is 7.99. The van der Waals surface area contributed by atoms with Crippen molar-refractivity contribution in [2.24, 2.45) is 0 Å². The summed E-state index contributed by atoms with van der Waals surface area (Å²) in [5, 5.41) is 0. The van der Waals surface area contributed by atoms with Crippen LogP contribution in [0.4, 0.5) is 0 Å². The van der Waals surface area contributed by atoms with Gasteiger partial charge < -0.3 is 4.90 Å². The van der Waals surface area contributed by atoms with Crippen LogP contribution in [0.5, 0.6) is 0 Å². The van der Waals surface area contributed by atoms with Crippen LogP contribution >= 0.6 is 33.0 Å². The second kappa shape index (κ2) is 7.39. The number of hydrogen-bond donors (Lipinski definition) is 0. The second-order valence-electron chi connectivity index (χ2n) is 2.62. The maximum atomic E-state index is 9.09. The molecule has 1 aliphatic rings. The zero-order valence-corrected chi connectivity index (χ0v) is 9.89. The van der Waals surface area contributed by atoms with Crippen molar-refractivity contribution in [2.45, 2.75) is 18.9 Å². The molecule has 1 aliphatic heterocycles. The lowest BCUT2D eigenvalue weighted by molar-refractivity contribution is 0.334. The molecule has 0 saturated carbocycles. The molecule has 6 heteroatoms. The molecule has 0 aromatic carbocycles. The Morgan fingerprint density at radius 1 is 1.58 bits per heavy atom. The minimum atomic E-state index is -1.67. The van der Waals surface area contributed by atoms with Crippen LogP contribution in [0.3, 0.4) is 0 Å². The third kappa shape index (κ3) is 6.49. The fourth-order valence-electron chi connectivity index (χ4n) is 1.17. The minimum absolute atomic E-state index is 0.664. The van der Waals surface area contributed by atoms with Gasteiger partial charge in [0.2, 0.25) is 9.23 Å². The van der Waals surface area contributed by atoms with E-state index in [0.717, 1.165) is 5.88 Å². The van der Waals surface area contributed by atoms with Crippen LogP contribution in [-0.2, 0) is 9.23 Å². The van der Waals surface area contributed by atoms with E-state index in [2.05, 4.69) is 33.3 Å². The molecule has 0 bridgehead atoms. The van der Waals surface area contributed by atoms with Crippen molar-refractivity contribution in [1.29, 1.82) is 0 Å². The maximum Gasteiger partial charge on any atom is 0.211 e. The van der Waals surface area contributed by atoms with Gasteiger partial charge in [0.25, 0.3) is 0 Å². The number of halogens is 3. The molecule has 0 aliphatic carbocycles. The van der Waals surface area contributed by atoms with Gasteiger partial charge in [-0.25, -0.2) is 4.21 Å². The second-order valence-corrected chi connectivity index (χ2v) is 5.45. The van der Waals surface area contributed by atoms with Gasteiger partial charge in [-0.2, -0.15) is 0 Å². The van der Waals surface area contributed by atoms with Crippen molar-refractivity contribution in [3.05, 3.63) is 0 Å². The summed E-state index contributed by atoms with van der Waals surface area (Å²) in [5.74, 6) is 0.802.